The lowest BCUT2D eigenvalue weighted by Gasteiger charge is -2.13. The van der Waals surface area contributed by atoms with Crippen LogP contribution in [0.4, 0.5) is 13.2 Å². The monoisotopic (exact) mass is 295 g/mol. The Morgan fingerprint density at radius 3 is 2.43 bits per heavy atom. The molecule has 108 valence electrons. The molecule has 1 aromatic heterocycles. The molecule has 1 atom stereocenters. The van der Waals surface area contributed by atoms with Crippen molar-refractivity contribution in [3.8, 4) is 0 Å². The first-order chi connectivity index (χ1) is 9.95. The number of fused-ring (bicyclic) bond motifs is 1. The summed E-state index contributed by atoms with van der Waals surface area (Å²) in [6.07, 6.45) is -1.66. The van der Waals surface area contributed by atoms with Crippen LogP contribution < -0.4 is 5.76 Å². The Kier molecular flexibility index (Phi) is 3.06. The van der Waals surface area contributed by atoms with Crippen LogP contribution in [-0.4, -0.2) is 10.1 Å². The molecule has 4 nitrogen and oxygen atoms in total. The third kappa shape index (κ3) is 2.31. The van der Waals surface area contributed by atoms with Gasteiger partial charge in [0, 0.05) is 12.1 Å². The van der Waals surface area contributed by atoms with Crippen molar-refractivity contribution in [2.24, 2.45) is 0 Å². The number of hydrogen-bond donors (Lipinski definition) is 2. The van der Waals surface area contributed by atoms with Crippen molar-refractivity contribution in [1.82, 2.24) is 4.98 Å². The number of nitrogens with one attached hydrogen (secondary N) is 1. The Bertz CT molecular complexity index is 862. The van der Waals surface area contributed by atoms with E-state index in [4.69, 9.17) is 4.42 Å². The third-order valence-electron chi connectivity index (χ3n) is 3.08. The zero-order valence-corrected chi connectivity index (χ0v) is 10.4. The minimum atomic E-state index is -1.66. The highest BCUT2D eigenvalue weighted by atomic mass is 19.1. The molecule has 0 aliphatic rings. The van der Waals surface area contributed by atoms with Gasteiger partial charge in [0.1, 0.15) is 23.6 Å². The van der Waals surface area contributed by atoms with Crippen LogP contribution in [0.2, 0.25) is 0 Å². The number of H-pyrrole nitrogens is 1. The number of oxazole rings is 1. The Balaban J connectivity index is 2.11. The molecule has 0 bridgehead atoms. The molecular weight excluding hydrogens is 287 g/mol. The van der Waals surface area contributed by atoms with Gasteiger partial charge in [-0.05, 0) is 17.7 Å². The summed E-state index contributed by atoms with van der Waals surface area (Å²) in [6, 6.07) is 5.05. The summed E-state index contributed by atoms with van der Waals surface area (Å²) in [5.74, 6) is -4.16. The molecule has 0 amide bonds. The molecule has 0 saturated heterocycles. The molecule has 21 heavy (non-hydrogen) atoms. The molecule has 7 heteroatoms. The van der Waals surface area contributed by atoms with Gasteiger partial charge in [-0.25, -0.2) is 18.0 Å². The second-order valence-corrected chi connectivity index (χ2v) is 4.46. The van der Waals surface area contributed by atoms with Crippen LogP contribution in [0, 0.1) is 17.5 Å². The van der Waals surface area contributed by atoms with E-state index in [0.29, 0.717) is 17.6 Å². The lowest BCUT2D eigenvalue weighted by atomic mass is 10.00. The molecular formula is C14H8F3NO3. The van der Waals surface area contributed by atoms with Gasteiger partial charge in [0.15, 0.2) is 5.58 Å². The van der Waals surface area contributed by atoms with Crippen molar-refractivity contribution in [1.29, 1.82) is 0 Å². The van der Waals surface area contributed by atoms with E-state index in [1.807, 2.05) is 0 Å². The largest absolute Gasteiger partial charge is 0.417 e. The maximum Gasteiger partial charge on any atom is 0.417 e. The van der Waals surface area contributed by atoms with Crippen LogP contribution in [0.5, 0.6) is 0 Å². The average molecular weight is 295 g/mol. The molecule has 0 aliphatic heterocycles. The maximum atomic E-state index is 13.6. The number of hydrogen-bond acceptors (Lipinski definition) is 3. The fraction of sp³-hybridized carbons (Fsp3) is 0.0714. The Hall–Kier alpha value is -2.54. The zero-order chi connectivity index (χ0) is 15.1. The van der Waals surface area contributed by atoms with Crippen molar-refractivity contribution in [2.45, 2.75) is 6.10 Å². The van der Waals surface area contributed by atoms with E-state index in [9.17, 15) is 23.1 Å². The van der Waals surface area contributed by atoms with Crippen LogP contribution in [0.15, 0.2) is 39.5 Å². The number of aliphatic hydroxyl groups is 1. The fourth-order valence-electron chi connectivity index (χ4n) is 2.11. The highest BCUT2D eigenvalue weighted by Crippen LogP contribution is 2.29. The van der Waals surface area contributed by atoms with E-state index < -0.39 is 34.9 Å². The summed E-state index contributed by atoms with van der Waals surface area (Å²) in [6.45, 7) is 0. The number of aliphatic hydroxyl groups excluding tert-OH is 1. The molecule has 2 aromatic carbocycles. The molecule has 3 rings (SSSR count). The van der Waals surface area contributed by atoms with Gasteiger partial charge in [0.05, 0.1) is 11.1 Å². The summed E-state index contributed by atoms with van der Waals surface area (Å²) in [7, 11) is 0. The van der Waals surface area contributed by atoms with Gasteiger partial charge in [-0.3, -0.25) is 4.98 Å². The number of benzene rings is 2. The standard InChI is InChI=1S/C14H8F3NO3/c15-7-4-8(16)12(9(17)5-7)13(19)6-1-2-10-11(3-6)21-14(20)18-10/h1-5,13,19H,(H,18,20). The second-order valence-electron chi connectivity index (χ2n) is 4.46. The molecule has 1 unspecified atom stereocenters. The maximum absolute atomic E-state index is 13.6. The second kappa shape index (κ2) is 4.78. The smallest absolute Gasteiger partial charge is 0.408 e. The number of aromatic nitrogens is 1. The van der Waals surface area contributed by atoms with Crippen LogP contribution in [0.1, 0.15) is 17.2 Å². The average Bonchev–Trinajstić information content (AvgIpc) is 2.76. The molecule has 2 N–H and O–H groups in total. The lowest BCUT2D eigenvalue weighted by Crippen LogP contribution is -2.06. The van der Waals surface area contributed by atoms with E-state index in [0.717, 1.165) is 0 Å². The summed E-state index contributed by atoms with van der Waals surface area (Å²) in [5, 5.41) is 10.1. The highest BCUT2D eigenvalue weighted by Gasteiger charge is 2.21. The van der Waals surface area contributed by atoms with Crippen LogP contribution >= 0.6 is 0 Å². The molecule has 0 aliphatic carbocycles. The molecule has 1 heterocycles. The van der Waals surface area contributed by atoms with Crippen molar-refractivity contribution >= 4 is 11.1 Å². The summed E-state index contributed by atoms with van der Waals surface area (Å²) >= 11 is 0. The Morgan fingerprint density at radius 2 is 1.76 bits per heavy atom. The van der Waals surface area contributed by atoms with E-state index in [2.05, 4.69) is 4.98 Å². The Labute approximate surface area is 115 Å². The topological polar surface area (TPSA) is 66.2 Å². The van der Waals surface area contributed by atoms with Crippen LogP contribution in [0.25, 0.3) is 11.1 Å². The Morgan fingerprint density at radius 1 is 1.10 bits per heavy atom. The zero-order valence-electron chi connectivity index (χ0n) is 10.4. The first kappa shape index (κ1) is 13.4. The normalized spacial score (nSPS) is 12.8. The van der Waals surface area contributed by atoms with Gasteiger partial charge in [0.25, 0.3) is 0 Å². The fourth-order valence-corrected chi connectivity index (χ4v) is 2.11. The minimum absolute atomic E-state index is 0.106. The van der Waals surface area contributed by atoms with Gasteiger partial charge in [-0.2, -0.15) is 0 Å². The molecule has 0 fully saturated rings. The van der Waals surface area contributed by atoms with Crippen molar-refractivity contribution in [3.05, 3.63) is 69.5 Å². The van der Waals surface area contributed by atoms with Gasteiger partial charge in [0.2, 0.25) is 0 Å². The van der Waals surface area contributed by atoms with E-state index >= 15 is 0 Å². The molecule has 0 radical (unpaired) electrons. The van der Waals surface area contributed by atoms with Crippen LogP contribution in [0.3, 0.4) is 0 Å². The first-order valence-corrected chi connectivity index (χ1v) is 5.91. The number of aromatic amines is 1. The van der Waals surface area contributed by atoms with Crippen LogP contribution in [-0.2, 0) is 0 Å². The predicted octanol–water partition coefficient (Wildman–Crippen LogP) is 2.62. The molecule has 0 spiro atoms. The lowest BCUT2D eigenvalue weighted by molar-refractivity contribution is 0.208. The molecule has 3 aromatic rings. The third-order valence-corrected chi connectivity index (χ3v) is 3.08. The molecule has 0 saturated carbocycles. The SMILES string of the molecule is O=c1[nH]c2ccc(C(O)c3c(F)cc(F)cc3F)cc2o1. The van der Waals surface area contributed by atoms with Gasteiger partial charge in [-0.15, -0.1) is 0 Å². The van der Waals surface area contributed by atoms with E-state index in [1.165, 1.54) is 18.2 Å². The van der Waals surface area contributed by atoms with Gasteiger partial charge < -0.3 is 9.52 Å². The first-order valence-electron chi connectivity index (χ1n) is 5.91. The van der Waals surface area contributed by atoms with Gasteiger partial charge >= 0.3 is 5.76 Å². The number of rotatable bonds is 2. The predicted molar refractivity (Wildman–Crippen MR) is 67.2 cm³/mol. The number of halogens is 3. The summed E-state index contributed by atoms with van der Waals surface area (Å²) < 4.78 is 45.0. The highest BCUT2D eigenvalue weighted by molar-refractivity contribution is 5.73. The van der Waals surface area contributed by atoms with E-state index in [-0.39, 0.29) is 11.1 Å². The van der Waals surface area contributed by atoms with Crippen molar-refractivity contribution in [2.75, 3.05) is 0 Å². The van der Waals surface area contributed by atoms with Crippen molar-refractivity contribution < 1.29 is 22.7 Å². The van der Waals surface area contributed by atoms with E-state index in [1.54, 1.807) is 0 Å². The van der Waals surface area contributed by atoms with Crippen molar-refractivity contribution in [3.63, 3.8) is 0 Å². The minimum Gasteiger partial charge on any atom is -0.408 e. The summed E-state index contributed by atoms with van der Waals surface area (Å²) in [4.78, 5) is 13.4. The quantitative estimate of drug-likeness (QED) is 0.763. The van der Waals surface area contributed by atoms with Gasteiger partial charge in [-0.1, -0.05) is 6.07 Å². The summed E-state index contributed by atoms with van der Waals surface area (Å²) in [5.41, 5.74) is -0.0428.